The second-order valence-electron chi connectivity index (χ2n) is 6.90. The number of nitrogens with zero attached hydrogens (tertiary/aromatic N) is 2. The average molecular weight is 426 g/mol. The van der Waals surface area contributed by atoms with Gasteiger partial charge in [0.25, 0.3) is 15.9 Å². The van der Waals surface area contributed by atoms with Crippen molar-refractivity contribution in [2.45, 2.75) is 25.7 Å². The van der Waals surface area contributed by atoms with Gasteiger partial charge >= 0.3 is 0 Å². The van der Waals surface area contributed by atoms with Gasteiger partial charge in [-0.3, -0.25) is 9.52 Å². The number of carbonyl (C=O) groups excluding carboxylic acids is 1. The number of halogens is 1. The predicted octanol–water partition coefficient (Wildman–Crippen LogP) is 2.88. The number of anilines is 1. The number of morpholine rings is 1. The lowest BCUT2D eigenvalue weighted by molar-refractivity contribution is 0.0300. The first-order valence-electron chi connectivity index (χ1n) is 8.95. The fraction of sp³-hybridized carbons (Fsp3) is 0.421. The van der Waals surface area contributed by atoms with Crippen LogP contribution in [0.5, 0.6) is 0 Å². The van der Waals surface area contributed by atoms with Gasteiger partial charge in [-0.05, 0) is 38.5 Å². The topological polar surface area (TPSA) is 80.6 Å². The highest BCUT2D eigenvalue weighted by Gasteiger charge is 2.33. The lowest BCUT2D eigenvalue weighted by Gasteiger charge is -2.27. The van der Waals surface area contributed by atoms with Crippen molar-refractivity contribution in [2.75, 3.05) is 31.0 Å². The van der Waals surface area contributed by atoms with Crippen LogP contribution in [0, 0.1) is 20.8 Å². The summed E-state index contributed by atoms with van der Waals surface area (Å²) in [5.41, 5.74) is 2.44. The van der Waals surface area contributed by atoms with Gasteiger partial charge in [-0.25, -0.2) is 8.42 Å². The quantitative estimate of drug-likeness (QED) is 0.816. The molecule has 1 fully saturated rings. The van der Waals surface area contributed by atoms with Gasteiger partial charge in [0.2, 0.25) is 0 Å². The van der Waals surface area contributed by atoms with E-state index in [-0.39, 0.29) is 16.4 Å². The number of nitrogens with one attached hydrogen (secondary N) is 1. The van der Waals surface area contributed by atoms with Gasteiger partial charge in [0, 0.05) is 36.5 Å². The second kappa shape index (κ2) is 7.77. The zero-order valence-electron chi connectivity index (χ0n) is 16.4. The SMILES string of the molecule is Cc1ccc(Cl)cc1NS(=O)(=O)c1c(C(=O)N2CCOCC2)c(C)n(C)c1C. The molecule has 7 nitrogen and oxygen atoms in total. The first-order valence-corrected chi connectivity index (χ1v) is 10.8. The molecule has 9 heteroatoms. The van der Waals surface area contributed by atoms with E-state index in [0.29, 0.717) is 48.4 Å². The number of amides is 1. The van der Waals surface area contributed by atoms with Crippen molar-refractivity contribution in [3.63, 3.8) is 0 Å². The maximum Gasteiger partial charge on any atom is 0.264 e. The summed E-state index contributed by atoms with van der Waals surface area (Å²) in [5.74, 6) is -0.298. The molecule has 0 bridgehead atoms. The van der Waals surface area contributed by atoms with Gasteiger partial charge in [-0.2, -0.15) is 0 Å². The molecule has 2 aromatic rings. The highest BCUT2D eigenvalue weighted by atomic mass is 35.5. The number of hydrogen-bond donors (Lipinski definition) is 1. The Bertz CT molecular complexity index is 1020. The van der Waals surface area contributed by atoms with Gasteiger partial charge in [-0.1, -0.05) is 17.7 Å². The Labute approximate surface area is 170 Å². The third-order valence-electron chi connectivity index (χ3n) is 5.15. The molecule has 1 aliphatic heterocycles. The highest BCUT2D eigenvalue weighted by molar-refractivity contribution is 7.92. The molecule has 1 aliphatic rings. The first-order chi connectivity index (χ1) is 13.1. The van der Waals surface area contributed by atoms with Crippen LogP contribution in [0.2, 0.25) is 5.02 Å². The summed E-state index contributed by atoms with van der Waals surface area (Å²) >= 11 is 6.02. The molecule has 152 valence electrons. The van der Waals surface area contributed by atoms with E-state index in [2.05, 4.69) is 4.72 Å². The number of hydrogen-bond acceptors (Lipinski definition) is 4. The third kappa shape index (κ3) is 3.76. The van der Waals surface area contributed by atoms with Crippen LogP contribution in [0.25, 0.3) is 0 Å². The molecule has 0 spiro atoms. The van der Waals surface area contributed by atoms with E-state index < -0.39 is 10.0 Å². The van der Waals surface area contributed by atoms with Gasteiger partial charge < -0.3 is 14.2 Å². The first kappa shape index (κ1) is 20.7. The molecule has 1 aromatic carbocycles. The summed E-state index contributed by atoms with van der Waals surface area (Å²) in [6.45, 7) is 7.00. The molecule has 28 heavy (non-hydrogen) atoms. The van der Waals surface area contributed by atoms with Crippen molar-refractivity contribution < 1.29 is 17.9 Å². The maximum absolute atomic E-state index is 13.3. The highest BCUT2D eigenvalue weighted by Crippen LogP contribution is 2.31. The fourth-order valence-electron chi connectivity index (χ4n) is 3.32. The number of carbonyl (C=O) groups is 1. The zero-order valence-corrected chi connectivity index (χ0v) is 17.9. The van der Waals surface area contributed by atoms with E-state index in [1.54, 1.807) is 55.5 Å². The van der Waals surface area contributed by atoms with Crippen molar-refractivity contribution in [3.8, 4) is 0 Å². The fourth-order valence-corrected chi connectivity index (χ4v) is 5.14. The monoisotopic (exact) mass is 425 g/mol. The van der Waals surface area contributed by atoms with Gasteiger partial charge in [0.1, 0.15) is 4.90 Å². The molecule has 1 N–H and O–H groups in total. The van der Waals surface area contributed by atoms with E-state index in [4.69, 9.17) is 16.3 Å². The number of rotatable bonds is 4. The molecular formula is C19H24ClN3O4S. The number of benzene rings is 1. The number of aryl methyl sites for hydroxylation is 1. The van der Waals surface area contributed by atoms with Gasteiger partial charge in [0.15, 0.2) is 0 Å². The molecule has 0 unspecified atom stereocenters. The summed E-state index contributed by atoms with van der Waals surface area (Å²) in [6.07, 6.45) is 0. The molecule has 1 saturated heterocycles. The molecule has 1 aromatic heterocycles. The number of sulfonamides is 1. The summed E-state index contributed by atoms with van der Waals surface area (Å²) < 4.78 is 36.2. The molecule has 0 atom stereocenters. The smallest absolute Gasteiger partial charge is 0.264 e. The number of aromatic nitrogens is 1. The minimum absolute atomic E-state index is 0.00312. The normalized spacial score (nSPS) is 15.0. The Morgan fingerprint density at radius 3 is 2.43 bits per heavy atom. The lowest BCUT2D eigenvalue weighted by atomic mass is 10.2. The molecule has 2 heterocycles. The Kier molecular flexibility index (Phi) is 5.74. The van der Waals surface area contributed by atoms with Crippen LogP contribution >= 0.6 is 11.6 Å². The van der Waals surface area contributed by atoms with E-state index in [1.165, 1.54) is 0 Å². The van der Waals surface area contributed by atoms with E-state index in [9.17, 15) is 13.2 Å². The summed E-state index contributed by atoms with van der Waals surface area (Å²) in [6, 6.07) is 4.99. The van der Waals surface area contributed by atoms with Crippen molar-refractivity contribution in [3.05, 3.63) is 45.7 Å². The Morgan fingerprint density at radius 1 is 1.14 bits per heavy atom. The largest absolute Gasteiger partial charge is 0.378 e. The summed E-state index contributed by atoms with van der Waals surface area (Å²) in [7, 11) is -2.25. The van der Waals surface area contributed by atoms with Crippen LogP contribution in [0.3, 0.4) is 0 Å². The van der Waals surface area contributed by atoms with Crippen molar-refractivity contribution in [1.29, 1.82) is 0 Å². The molecule has 0 saturated carbocycles. The molecular weight excluding hydrogens is 402 g/mol. The summed E-state index contributed by atoms with van der Waals surface area (Å²) in [5, 5.41) is 0.425. The second-order valence-corrected chi connectivity index (χ2v) is 8.96. The van der Waals surface area contributed by atoms with Crippen molar-refractivity contribution in [1.82, 2.24) is 9.47 Å². The van der Waals surface area contributed by atoms with E-state index in [0.717, 1.165) is 5.56 Å². The Hall–Kier alpha value is -2.03. The Morgan fingerprint density at radius 2 is 1.79 bits per heavy atom. The number of ether oxygens (including phenoxy) is 1. The lowest BCUT2D eigenvalue weighted by Crippen LogP contribution is -2.41. The Balaban J connectivity index is 2.08. The van der Waals surface area contributed by atoms with Gasteiger partial charge in [0.05, 0.1) is 24.5 Å². The predicted molar refractivity (Wildman–Crippen MR) is 109 cm³/mol. The zero-order chi connectivity index (χ0) is 20.6. The average Bonchev–Trinajstić information content (AvgIpc) is 2.89. The molecule has 3 rings (SSSR count). The van der Waals surface area contributed by atoms with E-state index in [1.807, 2.05) is 0 Å². The van der Waals surface area contributed by atoms with Crippen LogP contribution < -0.4 is 4.72 Å². The van der Waals surface area contributed by atoms with Crippen LogP contribution in [-0.4, -0.2) is 50.1 Å². The van der Waals surface area contributed by atoms with Crippen LogP contribution in [0.1, 0.15) is 27.3 Å². The third-order valence-corrected chi connectivity index (χ3v) is 6.91. The minimum atomic E-state index is -4.01. The molecule has 0 radical (unpaired) electrons. The van der Waals surface area contributed by atoms with Crippen molar-refractivity contribution in [2.24, 2.45) is 7.05 Å². The van der Waals surface area contributed by atoms with E-state index >= 15 is 0 Å². The molecule has 0 aliphatic carbocycles. The summed E-state index contributed by atoms with van der Waals surface area (Å²) in [4.78, 5) is 14.8. The van der Waals surface area contributed by atoms with Crippen LogP contribution in [-0.2, 0) is 21.8 Å². The van der Waals surface area contributed by atoms with Crippen molar-refractivity contribution >= 4 is 33.2 Å². The maximum atomic E-state index is 13.3. The minimum Gasteiger partial charge on any atom is -0.378 e. The van der Waals surface area contributed by atoms with Crippen LogP contribution in [0.4, 0.5) is 5.69 Å². The van der Waals surface area contributed by atoms with Gasteiger partial charge in [-0.15, -0.1) is 0 Å². The standard InChI is InChI=1S/C19H24ClN3O4S/c1-12-5-6-15(20)11-16(12)21-28(25,26)18-14(3)22(4)13(2)17(18)19(24)23-7-9-27-10-8-23/h5-6,11,21H,7-10H2,1-4H3. The van der Waals surface area contributed by atoms with Crippen LogP contribution in [0.15, 0.2) is 23.1 Å². The molecule has 1 amide bonds.